The Morgan fingerprint density at radius 2 is 1.10 bits per heavy atom. The largest absolute Gasteiger partial charge is 0.277 e. The van der Waals surface area contributed by atoms with Gasteiger partial charge in [0.25, 0.3) is 0 Å². The van der Waals surface area contributed by atoms with Crippen LogP contribution in [0.25, 0.3) is 103 Å². The standard InChI is InChI=1S/C46H27N3S/c1-3-11-28(12-4-1)31-20-25-38-37(27-31)44(30-13-5-2-6-14-30)48-46(47-38)49-39-17-9-7-15-32(39)34-24-23-33-35(45(34)49)22-19-29-21-26-41-43(42(29)33)36-16-8-10-18-40(36)50-41/h1-27H. The summed E-state index contributed by atoms with van der Waals surface area (Å²) in [4.78, 5) is 10.8. The molecule has 0 aliphatic rings. The molecule has 0 N–H and O–H groups in total. The summed E-state index contributed by atoms with van der Waals surface area (Å²) in [6.07, 6.45) is 0. The summed E-state index contributed by atoms with van der Waals surface area (Å²) in [6, 6.07) is 58.8. The Hall–Kier alpha value is -6.36. The normalized spacial score (nSPS) is 12.0. The zero-order chi connectivity index (χ0) is 32.8. The van der Waals surface area contributed by atoms with Gasteiger partial charge in [0.2, 0.25) is 5.95 Å². The second-order valence-electron chi connectivity index (χ2n) is 12.9. The van der Waals surface area contributed by atoms with Gasteiger partial charge in [-0.1, -0.05) is 133 Å². The molecule has 0 amide bonds. The van der Waals surface area contributed by atoms with Gasteiger partial charge < -0.3 is 0 Å². The SMILES string of the molecule is c1ccc(-c2ccc3nc(-n4c5ccccc5c5ccc6c(ccc7ccc8sc9ccccc9c8c76)c54)nc(-c4ccccc4)c3c2)cc1. The number of aromatic nitrogens is 3. The molecule has 11 aromatic rings. The molecule has 3 heterocycles. The van der Waals surface area contributed by atoms with E-state index in [0.717, 1.165) is 38.8 Å². The average molecular weight is 654 g/mol. The maximum Gasteiger partial charge on any atom is 0.235 e. The van der Waals surface area contributed by atoms with Crippen LogP contribution in [0.2, 0.25) is 0 Å². The molecule has 50 heavy (non-hydrogen) atoms. The molecule has 11 rings (SSSR count). The van der Waals surface area contributed by atoms with Crippen LogP contribution in [0.5, 0.6) is 0 Å². The van der Waals surface area contributed by atoms with E-state index in [2.05, 4.69) is 168 Å². The fourth-order valence-electron chi connectivity index (χ4n) is 7.95. The molecule has 4 heteroatoms. The number of hydrogen-bond acceptors (Lipinski definition) is 3. The first-order valence-electron chi connectivity index (χ1n) is 16.9. The van der Waals surface area contributed by atoms with Gasteiger partial charge in [-0.3, -0.25) is 4.57 Å². The van der Waals surface area contributed by atoms with Gasteiger partial charge in [-0.15, -0.1) is 11.3 Å². The average Bonchev–Trinajstić information content (AvgIpc) is 3.74. The van der Waals surface area contributed by atoms with E-state index in [1.807, 2.05) is 11.3 Å². The van der Waals surface area contributed by atoms with Crippen molar-refractivity contribution in [3.63, 3.8) is 0 Å². The van der Waals surface area contributed by atoms with Crippen molar-refractivity contribution in [3.8, 4) is 28.3 Å². The van der Waals surface area contributed by atoms with Gasteiger partial charge in [-0.05, 0) is 57.6 Å². The highest BCUT2D eigenvalue weighted by atomic mass is 32.1. The Bertz CT molecular complexity index is 3140. The third kappa shape index (κ3) is 3.97. The number of hydrogen-bond donors (Lipinski definition) is 0. The van der Waals surface area contributed by atoms with Crippen molar-refractivity contribution < 1.29 is 0 Å². The molecule has 0 saturated carbocycles. The van der Waals surface area contributed by atoms with Crippen LogP contribution >= 0.6 is 11.3 Å². The van der Waals surface area contributed by atoms with E-state index < -0.39 is 0 Å². The van der Waals surface area contributed by atoms with Crippen molar-refractivity contribution in [2.45, 2.75) is 0 Å². The number of thiophene rings is 1. The third-order valence-electron chi connectivity index (χ3n) is 10.2. The summed E-state index contributed by atoms with van der Waals surface area (Å²) in [6.45, 7) is 0. The summed E-state index contributed by atoms with van der Waals surface area (Å²) in [7, 11) is 0. The Kier molecular flexibility index (Phi) is 5.83. The Morgan fingerprint density at radius 3 is 1.96 bits per heavy atom. The number of para-hydroxylation sites is 1. The highest BCUT2D eigenvalue weighted by molar-refractivity contribution is 7.26. The van der Waals surface area contributed by atoms with Crippen molar-refractivity contribution in [1.29, 1.82) is 0 Å². The molecule has 3 nitrogen and oxygen atoms in total. The molecule has 0 spiro atoms. The molecular weight excluding hydrogens is 627 g/mol. The lowest BCUT2D eigenvalue weighted by Gasteiger charge is -2.14. The van der Waals surface area contributed by atoms with Crippen molar-refractivity contribution in [1.82, 2.24) is 14.5 Å². The zero-order valence-electron chi connectivity index (χ0n) is 26.8. The minimum Gasteiger partial charge on any atom is -0.277 e. The highest BCUT2D eigenvalue weighted by Gasteiger charge is 2.21. The number of nitrogens with zero attached hydrogens (tertiary/aromatic N) is 3. The Morgan fingerprint density at radius 1 is 0.420 bits per heavy atom. The van der Waals surface area contributed by atoms with Crippen molar-refractivity contribution >= 4 is 85.8 Å². The number of rotatable bonds is 3. The summed E-state index contributed by atoms with van der Waals surface area (Å²) in [5.41, 5.74) is 7.44. The van der Waals surface area contributed by atoms with Gasteiger partial charge in [0, 0.05) is 47.3 Å². The molecule has 0 aliphatic carbocycles. The quantitative estimate of drug-likeness (QED) is 0.178. The summed E-state index contributed by atoms with van der Waals surface area (Å²) in [5.74, 6) is 0.668. The lowest BCUT2D eigenvalue weighted by atomic mass is 9.96. The fraction of sp³-hybridized carbons (Fsp3) is 0. The first kappa shape index (κ1) is 27.6. The predicted octanol–water partition coefficient (Wildman–Crippen LogP) is 12.7. The van der Waals surface area contributed by atoms with Crippen molar-refractivity contribution in [2.24, 2.45) is 0 Å². The lowest BCUT2D eigenvalue weighted by Crippen LogP contribution is -2.04. The highest BCUT2D eigenvalue weighted by Crippen LogP contribution is 2.44. The van der Waals surface area contributed by atoms with E-state index in [0.29, 0.717) is 5.95 Å². The Balaban J connectivity index is 1.27. The second kappa shape index (κ2) is 10.6. The smallest absolute Gasteiger partial charge is 0.235 e. The van der Waals surface area contributed by atoms with E-state index >= 15 is 0 Å². The minimum absolute atomic E-state index is 0.668. The maximum absolute atomic E-state index is 5.45. The van der Waals surface area contributed by atoms with E-state index in [-0.39, 0.29) is 0 Å². The second-order valence-corrected chi connectivity index (χ2v) is 14.0. The van der Waals surface area contributed by atoms with Gasteiger partial charge in [0.15, 0.2) is 0 Å². The fourth-order valence-corrected chi connectivity index (χ4v) is 9.07. The molecule has 8 aromatic carbocycles. The topological polar surface area (TPSA) is 30.7 Å². The van der Waals surface area contributed by atoms with E-state index in [1.165, 1.54) is 58.1 Å². The van der Waals surface area contributed by atoms with Crippen LogP contribution in [-0.2, 0) is 0 Å². The van der Waals surface area contributed by atoms with E-state index in [1.54, 1.807) is 0 Å². The first-order chi connectivity index (χ1) is 24.8. The summed E-state index contributed by atoms with van der Waals surface area (Å²) < 4.78 is 4.92. The van der Waals surface area contributed by atoms with Gasteiger partial charge >= 0.3 is 0 Å². The van der Waals surface area contributed by atoms with Gasteiger partial charge in [0.05, 0.1) is 22.2 Å². The third-order valence-corrected chi connectivity index (χ3v) is 11.3. The van der Waals surface area contributed by atoms with E-state index in [9.17, 15) is 0 Å². The number of benzene rings is 8. The van der Waals surface area contributed by atoms with E-state index in [4.69, 9.17) is 9.97 Å². The first-order valence-corrected chi connectivity index (χ1v) is 17.7. The molecule has 0 radical (unpaired) electrons. The molecule has 232 valence electrons. The van der Waals surface area contributed by atoms with Crippen LogP contribution in [0.4, 0.5) is 0 Å². The predicted molar refractivity (Wildman–Crippen MR) is 213 cm³/mol. The van der Waals surface area contributed by atoms with Gasteiger partial charge in [-0.2, -0.15) is 0 Å². The summed E-state index contributed by atoms with van der Waals surface area (Å²) in [5, 5.41) is 11.0. The molecule has 3 aromatic heterocycles. The van der Waals surface area contributed by atoms with Gasteiger partial charge in [0.1, 0.15) is 0 Å². The van der Waals surface area contributed by atoms with Crippen LogP contribution < -0.4 is 0 Å². The zero-order valence-corrected chi connectivity index (χ0v) is 27.7. The lowest BCUT2D eigenvalue weighted by molar-refractivity contribution is 1.02. The number of fused-ring (bicyclic) bond motifs is 12. The molecular formula is C46H27N3S. The van der Waals surface area contributed by atoms with Crippen LogP contribution in [-0.4, -0.2) is 14.5 Å². The van der Waals surface area contributed by atoms with Gasteiger partial charge in [-0.25, -0.2) is 9.97 Å². The minimum atomic E-state index is 0.668. The van der Waals surface area contributed by atoms with Crippen molar-refractivity contribution in [2.75, 3.05) is 0 Å². The molecule has 0 bridgehead atoms. The molecule has 0 unspecified atom stereocenters. The molecule has 0 atom stereocenters. The van der Waals surface area contributed by atoms with Crippen molar-refractivity contribution in [3.05, 3.63) is 164 Å². The molecule has 0 fully saturated rings. The Labute approximate surface area is 291 Å². The molecule has 0 aliphatic heterocycles. The summed E-state index contributed by atoms with van der Waals surface area (Å²) >= 11 is 1.87. The van der Waals surface area contributed by atoms with Crippen LogP contribution in [0.15, 0.2) is 164 Å². The maximum atomic E-state index is 5.45. The molecule has 0 saturated heterocycles. The van der Waals surface area contributed by atoms with Crippen LogP contribution in [0.1, 0.15) is 0 Å². The monoisotopic (exact) mass is 653 g/mol. The van der Waals surface area contributed by atoms with Crippen LogP contribution in [0.3, 0.4) is 0 Å². The van der Waals surface area contributed by atoms with Crippen LogP contribution in [0, 0.1) is 0 Å².